The van der Waals surface area contributed by atoms with E-state index in [9.17, 15) is 10.0 Å². The molecular formula is C28H34N4O5. The van der Waals surface area contributed by atoms with Crippen LogP contribution in [0.3, 0.4) is 0 Å². The number of benzene rings is 2. The van der Waals surface area contributed by atoms with Crippen LogP contribution in [0.5, 0.6) is 5.75 Å². The summed E-state index contributed by atoms with van der Waals surface area (Å²) in [6, 6.07) is 15.5. The number of nitrogens with zero attached hydrogens (tertiary/aromatic N) is 3. The van der Waals surface area contributed by atoms with Gasteiger partial charge >= 0.3 is 5.97 Å². The number of nitrogens with two attached hydrogens (primary N) is 1. The number of carbonyl (C=O) groups is 1. The van der Waals surface area contributed by atoms with Gasteiger partial charge in [-0.15, -0.1) is 0 Å². The van der Waals surface area contributed by atoms with E-state index in [0.29, 0.717) is 37.8 Å². The molecule has 1 aromatic heterocycles. The van der Waals surface area contributed by atoms with Crippen molar-refractivity contribution in [3.63, 3.8) is 0 Å². The fourth-order valence-electron chi connectivity index (χ4n) is 3.91. The van der Waals surface area contributed by atoms with Crippen molar-refractivity contribution < 1.29 is 23.9 Å². The topological polar surface area (TPSA) is 123 Å². The van der Waals surface area contributed by atoms with Gasteiger partial charge in [0.05, 0.1) is 6.61 Å². The molecule has 0 amide bonds. The third-order valence-corrected chi connectivity index (χ3v) is 6.23. The van der Waals surface area contributed by atoms with E-state index >= 15 is 0 Å². The predicted octanol–water partition coefficient (Wildman–Crippen LogP) is 4.69. The van der Waals surface area contributed by atoms with Crippen LogP contribution < -0.4 is 10.5 Å². The molecule has 196 valence electrons. The molecule has 9 nitrogen and oxygen atoms in total. The van der Waals surface area contributed by atoms with E-state index < -0.39 is 11.6 Å². The van der Waals surface area contributed by atoms with Crippen LogP contribution in [-0.4, -0.2) is 45.8 Å². The average Bonchev–Trinajstić information content (AvgIpc) is 3.63. The molecule has 0 aliphatic heterocycles. The lowest BCUT2D eigenvalue weighted by Crippen LogP contribution is -2.39. The summed E-state index contributed by atoms with van der Waals surface area (Å²) in [5.74, 6) is 1.50. The van der Waals surface area contributed by atoms with Crippen molar-refractivity contribution in [3.8, 4) is 17.0 Å². The van der Waals surface area contributed by atoms with Gasteiger partial charge in [0.15, 0.2) is 11.5 Å². The van der Waals surface area contributed by atoms with Crippen molar-refractivity contribution in [1.82, 2.24) is 9.88 Å². The van der Waals surface area contributed by atoms with Gasteiger partial charge in [0.2, 0.25) is 5.96 Å². The van der Waals surface area contributed by atoms with E-state index in [1.54, 1.807) is 27.0 Å². The molecule has 0 radical (unpaired) electrons. The molecular weight excluding hydrogens is 472 g/mol. The third-order valence-electron chi connectivity index (χ3n) is 6.23. The van der Waals surface area contributed by atoms with E-state index in [1.807, 2.05) is 53.4 Å². The standard InChI is InChI=1S/C28H34N4O5/c1-4-35-26(33)28(2,3)37-23-13-7-19(8-14-23)15-16-32(27(29)31-34)17-20-5-9-21(10-6-20)24-18-36-25(30-24)22-11-12-22/h5-10,13-14,18,22,34H,4,11-12,15-17H2,1-3H3,(H2,29,31). The first-order valence-electron chi connectivity index (χ1n) is 12.5. The zero-order valence-corrected chi connectivity index (χ0v) is 21.5. The highest BCUT2D eigenvalue weighted by Crippen LogP contribution is 2.40. The molecule has 1 saturated carbocycles. The normalized spacial score (nSPS) is 13.9. The Morgan fingerprint density at radius 1 is 1.16 bits per heavy atom. The van der Waals surface area contributed by atoms with E-state index in [1.165, 1.54) is 0 Å². The molecule has 0 spiro atoms. The maximum atomic E-state index is 12.1. The number of aromatic nitrogens is 1. The summed E-state index contributed by atoms with van der Waals surface area (Å²) in [6.45, 7) is 6.44. The number of carbonyl (C=O) groups excluding carboxylic acids is 1. The molecule has 3 aromatic rings. The highest BCUT2D eigenvalue weighted by Gasteiger charge is 2.31. The Morgan fingerprint density at radius 2 is 1.84 bits per heavy atom. The van der Waals surface area contributed by atoms with E-state index in [-0.39, 0.29) is 5.96 Å². The second-order valence-electron chi connectivity index (χ2n) is 9.65. The number of rotatable bonds is 11. The first-order valence-corrected chi connectivity index (χ1v) is 12.5. The minimum Gasteiger partial charge on any atom is -0.476 e. The van der Waals surface area contributed by atoms with Gasteiger partial charge in [-0.25, -0.2) is 9.78 Å². The second kappa shape index (κ2) is 11.4. The lowest BCUT2D eigenvalue weighted by molar-refractivity contribution is -0.158. The van der Waals surface area contributed by atoms with Gasteiger partial charge in [0, 0.05) is 24.6 Å². The van der Waals surface area contributed by atoms with Gasteiger partial charge in [-0.2, -0.15) is 0 Å². The molecule has 1 heterocycles. The molecule has 2 aromatic carbocycles. The van der Waals surface area contributed by atoms with Crippen LogP contribution in [0.4, 0.5) is 0 Å². The van der Waals surface area contributed by atoms with E-state index in [2.05, 4.69) is 10.1 Å². The lowest BCUT2D eigenvalue weighted by Gasteiger charge is -2.24. The van der Waals surface area contributed by atoms with Crippen molar-refractivity contribution in [2.75, 3.05) is 13.2 Å². The fraction of sp³-hybridized carbons (Fsp3) is 0.393. The molecule has 0 atom stereocenters. The summed E-state index contributed by atoms with van der Waals surface area (Å²) in [6.07, 6.45) is 4.67. The Bertz CT molecular complexity index is 1210. The van der Waals surface area contributed by atoms with E-state index in [0.717, 1.165) is 41.1 Å². The summed E-state index contributed by atoms with van der Waals surface area (Å²) in [5.41, 5.74) is 8.78. The molecule has 1 aliphatic rings. The number of oxazole rings is 1. The Balaban J connectivity index is 1.35. The highest BCUT2D eigenvalue weighted by atomic mass is 16.6. The van der Waals surface area contributed by atoms with Crippen LogP contribution in [0.25, 0.3) is 11.3 Å². The molecule has 3 N–H and O–H groups in total. The quantitative estimate of drug-likeness (QED) is 0.126. The smallest absolute Gasteiger partial charge is 0.349 e. The van der Waals surface area contributed by atoms with Crippen molar-refractivity contribution in [2.24, 2.45) is 10.9 Å². The maximum Gasteiger partial charge on any atom is 0.349 e. The van der Waals surface area contributed by atoms with Gasteiger partial charge in [-0.1, -0.05) is 41.6 Å². The van der Waals surface area contributed by atoms with Gasteiger partial charge in [0.25, 0.3) is 0 Å². The van der Waals surface area contributed by atoms with Crippen molar-refractivity contribution in [1.29, 1.82) is 0 Å². The van der Waals surface area contributed by atoms with Crippen LogP contribution in [0.2, 0.25) is 0 Å². The fourth-order valence-corrected chi connectivity index (χ4v) is 3.91. The largest absolute Gasteiger partial charge is 0.476 e. The van der Waals surface area contributed by atoms with Crippen LogP contribution in [-0.2, 0) is 22.5 Å². The predicted molar refractivity (Wildman–Crippen MR) is 139 cm³/mol. The summed E-state index contributed by atoms with van der Waals surface area (Å²) in [5, 5.41) is 12.5. The summed E-state index contributed by atoms with van der Waals surface area (Å²) >= 11 is 0. The lowest BCUT2D eigenvalue weighted by atomic mass is 10.1. The molecule has 4 rings (SSSR count). The summed E-state index contributed by atoms with van der Waals surface area (Å²) < 4.78 is 16.5. The van der Waals surface area contributed by atoms with Crippen LogP contribution in [0.1, 0.15) is 56.5 Å². The maximum absolute atomic E-state index is 12.1. The molecule has 0 saturated heterocycles. The molecule has 1 aliphatic carbocycles. The Kier molecular flexibility index (Phi) is 8.01. The first-order chi connectivity index (χ1) is 17.8. The Hall–Kier alpha value is -4.01. The van der Waals surface area contributed by atoms with Gasteiger partial charge < -0.3 is 29.7 Å². The monoisotopic (exact) mass is 506 g/mol. The van der Waals surface area contributed by atoms with Crippen molar-refractivity contribution in [2.45, 2.75) is 58.1 Å². The first kappa shape index (κ1) is 26.1. The Morgan fingerprint density at radius 3 is 2.46 bits per heavy atom. The summed E-state index contributed by atoms with van der Waals surface area (Å²) in [4.78, 5) is 18.5. The number of oxime groups is 1. The average molecular weight is 507 g/mol. The van der Waals surface area contributed by atoms with Crippen molar-refractivity contribution in [3.05, 3.63) is 71.8 Å². The van der Waals surface area contributed by atoms with Gasteiger partial charge in [0.1, 0.15) is 17.7 Å². The van der Waals surface area contributed by atoms with E-state index in [4.69, 9.17) is 19.6 Å². The molecule has 37 heavy (non-hydrogen) atoms. The highest BCUT2D eigenvalue weighted by molar-refractivity contribution is 5.79. The molecule has 0 unspecified atom stereocenters. The number of hydrogen-bond donors (Lipinski definition) is 2. The summed E-state index contributed by atoms with van der Waals surface area (Å²) in [7, 11) is 0. The number of esters is 1. The number of guanidine groups is 1. The minimum atomic E-state index is -1.08. The van der Waals surface area contributed by atoms with Crippen LogP contribution in [0.15, 0.2) is 64.4 Å². The minimum absolute atomic E-state index is 0.0470. The zero-order valence-electron chi connectivity index (χ0n) is 21.5. The number of ether oxygens (including phenoxy) is 2. The molecule has 9 heteroatoms. The zero-order chi connectivity index (χ0) is 26.4. The van der Waals surface area contributed by atoms with Gasteiger partial charge in [-0.3, -0.25) is 0 Å². The van der Waals surface area contributed by atoms with Crippen LogP contribution >= 0.6 is 0 Å². The second-order valence-corrected chi connectivity index (χ2v) is 9.65. The third kappa shape index (κ3) is 6.81. The SMILES string of the molecule is CCOC(=O)C(C)(C)Oc1ccc(CCN(Cc2ccc(-c3coc(C4CC4)n3)cc2)C(N)=NO)cc1. The molecule has 0 bridgehead atoms. The van der Waals surface area contributed by atoms with Crippen molar-refractivity contribution >= 4 is 11.9 Å². The molecule has 1 fully saturated rings. The van der Waals surface area contributed by atoms with Crippen LogP contribution in [0, 0.1) is 0 Å². The number of hydrogen-bond acceptors (Lipinski definition) is 7. The Labute approximate surface area is 216 Å². The van der Waals surface area contributed by atoms with Gasteiger partial charge in [-0.05, 0) is 63.3 Å².